The lowest BCUT2D eigenvalue weighted by molar-refractivity contribution is 0.262. The second-order valence-electron chi connectivity index (χ2n) is 7.98. The topological polar surface area (TPSA) is 91.4 Å². The maximum absolute atomic E-state index is 13.3. The number of nitrogens with one attached hydrogen (secondary N) is 3. The Labute approximate surface area is 200 Å². The molecule has 1 aromatic heterocycles. The number of piperazine rings is 1. The third kappa shape index (κ3) is 5.61. The number of aromatic nitrogens is 2. The van der Waals surface area contributed by atoms with E-state index in [4.69, 9.17) is 9.72 Å². The highest BCUT2D eigenvalue weighted by molar-refractivity contribution is 5.99. The number of rotatable bonds is 5. The van der Waals surface area contributed by atoms with E-state index in [1.54, 1.807) is 36.5 Å². The van der Waals surface area contributed by atoms with Gasteiger partial charge in [-0.05, 0) is 36.4 Å². The van der Waals surface area contributed by atoms with Gasteiger partial charge in [0.2, 0.25) is 0 Å². The van der Waals surface area contributed by atoms with Crippen LogP contribution in [0.2, 0.25) is 0 Å². The molecule has 0 radical (unpaired) electrons. The summed E-state index contributed by atoms with van der Waals surface area (Å²) in [6, 6.07) is 14.4. The second-order valence-corrected chi connectivity index (χ2v) is 7.98. The summed E-state index contributed by atoms with van der Waals surface area (Å²) in [6.45, 7) is 3.56. The third-order valence-electron chi connectivity index (χ3n) is 5.39. The van der Waals surface area contributed by atoms with E-state index in [0.717, 1.165) is 61.2 Å². The molecular formula is C25H22F2N6O2. The van der Waals surface area contributed by atoms with E-state index < -0.39 is 17.7 Å². The van der Waals surface area contributed by atoms with E-state index in [2.05, 4.69) is 25.8 Å². The van der Waals surface area contributed by atoms with Crippen molar-refractivity contribution in [1.29, 1.82) is 0 Å². The first-order valence-electron chi connectivity index (χ1n) is 11.1. The van der Waals surface area contributed by atoms with Crippen molar-refractivity contribution in [1.82, 2.24) is 15.3 Å². The molecule has 5 rings (SSSR count). The normalized spacial score (nSPS) is 13.5. The number of carbonyl (C=O) groups excluding carboxylic acids is 1. The number of nitrogens with zero attached hydrogens (tertiary/aromatic N) is 3. The standard InChI is InChI=1S/C25H22F2N6O2/c26-16-10-17(27)12-19(11-16)31-25(34)30-18-2-1-3-20(13-18)35-21-4-5-22-23(14-21)32-24(15-29-22)33-8-6-28-7-9-33/h1-5,10-15,28H,6-9H2,(H2,30,31,34). The molecule has 1 fully saturated rings. The van der Waals surface area contributed by atoms with Crippen LogP contribution in [0.15, 0.2) is 66.9 Å². The predicted octanol–water partition coefficient (Wildman–Crippen LogP) is 4.75. The van der Waals surface area contributed by atoms with Crippen LogP contribution in [-0.4, -0.2) is 42.2 Å². The van der Waals surface area contributed by atoms with Crippen LogP contribution in [0.4, 0.5) is 30.8 Å². The van der Waals surface area contributed by atoms with Crippen LogP contribution in [0.5, 0.6) is 11.5 Å². The summed E-state index contributed by atoms with van der Waals surface area (Å²) in [5.41, 5.74) is 1.93. The average molecular weight is 476 g/mol. The van der Waals surface area contributed by atoms with Gasteiger partial charge >= 0.3 is 6.03 Å². The van der Waals surface area contributed by atoms with Gasteiger partial charge in [-0.25, -0.2) is 18.6 Å². The molecule has 35 heavy (non-hydrogen) atoms. The van der Waals surface area contributed by atoms with E-state index in [1.807, 2.05) is 12.1 Å². The first-order valence-corrected chi connectivity index (χ1v) is 11.1. The fourth-order valence-corrected chi connectivity index (χ4v) is 3.78. The highest BCUT2D eigenvalue weighted by Gasteiger charge is 2.13. The summed E-state index contributed by atoms with van der Waals surface area (Å²) in [5.74, 6) is 0.324. The van der Waals surface area contributed by atoms with Crippen LogP contribution < -0.4 is 25.6 Å². The maximum atomic E-state index is 13.3. The Balaban J connectivity index is 1.28. The quantitative estimate of drug-likeness (QED) is 0.385. The number of urea groups is 1. The van der Waals surface area contributed by atoms with Crippen LogP contribution in [-0.2, 0) is 0 Å². The Bertz CT molecular complexity index is 1360. The van der Waals surface area contributed by atoms with E-state index in [0.29, 0.717) is 17.2 Å². The van der Waals surface area contributed by atoms with Crippen molar-refractivity contribution >= 4 is 34.3 Å². The maximum Gasteiger partial charge on any atom is 0.323 e. The zero-order valence-electron chi connectivity index (χ0n) is 18.6. The molecule has 0 atom stereocenters. The number of ether oxygens (including phenoxy) is 1. The lowest BCUT2D eigenvalue weighted by atomic mass is 10.2. The van der Waals surface area contributed by atoms with Crippen molar-refractivity contribution in [3.63, 3.8) is 0 Å². The number of anilines is 3. The molecule has 0 bridgehead atoms. The molecule has 0 unspecified atom stereocenters. The highest BCUT2D eigenvalue weighted by Crippen LogP contribution is 2.27. The molecule has 3 aromatic carbocycles. The van der Waals surface area contributed by atoms with E-state index in [-0.39, 0.29) is 5.69 Å². The van der Waals surface area contributed by atoms with Gasteiger partial charge in [-0.3, -0.25) is 4.98 Å². The van der Waals surface area contributed by atoms with Gasteiger partial charge < -0.3 is 25.6 Å². The molecule has 2 amide bonds. The monoisotopic (exact) mass is 476 g/mol. The molecule has 3 N–H and O–H groups in total. The van der Waals surface area contributed by atoms with Crippen LogP contribution in [0.3, 0.4) is 0 Å². The zero-order chi connectivity index (χ0) is 24.2. The molecular weight excluding hydrogens is 454 g/mol. The van der Waals surface area contributed by atoms with Crippen LogP contribution in [0, 0.1) is 11.6 Å². The van der Waals surface area contributed by atoms with Gasteiger partial charge in [0.1, 0.15) is 29.0 Å². The molecule has 0 aliphatic carbocycles. The smallest absolute Gasteiger partial charge is 0.323 e. The Morgan fingerprint density at radius 3 is 2.43 bits per heavy atom. The predicted molar refractivity (Wildman–Crippen MR) is 130 cm³/mol. The summed E-state index contributed by atoms with van der Waals surface area (Å²) < 4.78 is 32.7. The van der Waals surface area contributed by atoms with Gasteiger partial charge in [0.25, 0.3) is 0 Å². The van der Waals surface area contributed by atoms with E-state index in [9.17, 15) is 13.6 Å². The average Bonchev–Trinajstić information content (AvgIpc) is 2.83. The molecule has 4 aromatic rings. The van der Waals surface area contributed by atoms with Gasteiger partial charge in [0.15, 0.2) is 0 Å². The Kier molecular flexibility index (Phi) is 6.36. The summed E-state index contributed by atoms with van der Waals surface area (Å²) in [6.07, 6.45) is 1.78. The lowest BCUT2D eigenvalue weighted by Gasteiger charge is -2.28. The number of carbonyl (C=O) groups is 1. The van der Waals surface area contributed by atoms with Crippen molar-refractivity contribution in [2.75, 3.05) is 41.7 Å². The largest absolute Gasteiger partial charge is 0.457 e. The summed E-state index contributed by atoms with van der Waals surface area (Å²) in [5, 5.41) is 8.34. The van der Waals surface area contributed by atoms with Gasteiger partial charge in [-0.2, -0.15) is 0 Å². The van der Waals surface area contributed by atoms with Crippen molar-refractivity contribution in [2.24, 2.45) is 0 Å². The number of halogens is 2. The molecule has 0 saturated carbocycles. The van der Waals surface area contributed by atoms with Crippen LogP contribution >= 0.6 is 0 Å². The number of benzene rings is 3. The van der Waals surface area contributed by atoms with Gasteiger partial charge in [-0.15, -0.1) is 0 Å². The molecule has 1 aliphatic heterocycles. The van der Waals surface area contributed by atoms with Crippen molar-refractivity contribution in [3.8, 4) is 11.5 Å². The van der Waals surface area contributed by atoms with Crippen molar-refractivity contribution in [3.05, 3.63) is 78.5 Å². The Morgan fingerprint density at radius 1 is 0.886 bits per heavy atom. The Morgan fingerprint density at radius 2 is 1.63 bits per heavy atom. The summed E-state index contributed by atoms with van der Waals surface area (Å²) >= 11 is 0. The van der Waals surface area contributed by atoms with Gasteiger partial charge in [0, 0.05) is 55.8 Å². The fraction of sp³-hybridized carbons (Fsp3) is 0.160. The van der Waals surface area contributed by atoms with Gasteiger partial charge in [-0.1, -0.05) is 6.07 Å². The van der Waals surface area contributed by atoms with E-state index >= 15 is 0 Å². The van der Waals surface area contributed by atoms with E-state index in [1.165, 1.54) is 0 Å². The van der Waals surface area contributed by atoms with Crippen molar-refractivity contribution < 1.29 is 18.3 Å². The molecule has 10 heteroatoms. The number of fused-ring (bicyclic) bond motifs is 1. The summed E-state index contributed by atoms with van der Waals surface area (Å²) in [4.78, 5) is 23.7. The van der Waals surface area contributed by atoms with Crippen LogP contribution in [0.25, 0.3) is 11.0 Å². The first kappa shape index (κ1) is 22.5. The third-order valence-corrected chi connectivity index (χ3v) is 5.39. The van der Waals surface area contributed by atoms with Gasteiger partial charge in [0.05, 0.1) is 17.2 Å². The number of amides is 2. The minimum Gasteiger partial charge on any atom is -0.457 e. The van der Waals surface area contributed by atoms with Crippen LogP contribution in [0.1, 0.15) is 0 Å². The molecule has 2 heterocycles. The zero-order valence-corrected chi connectivity index (χ0v) is 18.6. The second kappa shape index (κ2) is 9.90. The highest BCUT2D eigenvalue weighted by atomic mass is 19.1. The molecule has 1 aliphatic rings. The molecule has 1 saturated heterocycles. The SMILES string of the molecule is O=C(Nc1cc(F)cc(F)c1)Nc1cccc(Oc2ccc3ncc(N4CCNCC4)nc3c2)c1. The molecule has 178 valence electrons. The fourth-order valence-electron chi connectivity index (χ4n) is 3.78. The first-order chi connectivity index (χ1) is 17.0. The number of hydrogen-bond donors (Lipinski definition) is 3. The molecule has 0 spiro atoms. The summed E-state index contributed by atoms with van der Waals surface area (Å²) in [7, 11) is 0. The van der Waals surface area contributed by atoms with Crippen molar-refractivity contribution in [2.45, 2.75) is 0 Å². The molecule has 8 nitrogen and oxygen atoms in total. The Hall–Kier alpha value is -4.31. The lowest BCUT2D eigenvalue weighted by Crippen LogP contribution is -2.43. The minimum atomic E-state index is -0.782. The minimum absolute atomic E-state index is 0.00450. The number of hydrogen-bond acceptors (Lipinski definition) is 6.